The monoisotopic (exact) mass is 357 g/mol. The van der Waals surface area contributed by atoms with Gasteiger partial charge in [-0.2, -0.15) is 8.78 Å². The summed E-state index contributed by atoms with van der Waals surface area (Å²) in [4.78, 5) is 5.26. The number of nitrogens with one attached hydrogen (secondary N) is 2. The van der Waals surface area contributed by atoms with Crippen LogP contribution in [0.5, 0.6) is 5.75 Å². The topological polar surface area (TPSA) is 45.7 Å². The molecule has 0 saturated carbocycles. The number of halogens is 3. The summed E-state index contributed by atoms with van der Waals surface area (Å²) >= 11 is 1.66. The van der Waals surface area contributed by atoms with Crippen LogP contribution >= 0.6 is 11.3 Å². The van der Waals surface area contributed by atoms with Crippen molar-refractivity contribution in [1.29, 1.82) is 0 Å². The van der Waals surface area contributed by atoms with Crippen molar-refractivity contribution in [3.63, 3.8) is 0 Å². The highest BCUT2D eigenvalue weighted by Crippen LogP contribution is 2.23. The van der Waals surface area contributed by atoms with Gasteiger partial charge in [0.1, 0.15) is 11.6 Å². The minimum absolute atomic E-state index is 0.0204. The first kappa shape index (κ1) is 18.1. The maximum Gasteiger partial charge on any atom is 0.387 e. The zero-order chi connectivity index (χ0) is 17.4. The summed E-state index contributed by atoms with van der Waals surface area (Å²) in [6.45, 7) is -2.38. The Balaban J connectivity index is 1.90. The number of alkyl halides is 2. The summed E-state index contributed by atoms with van der Waals surface area (Å²) in [5.41, 5.74) is 0.0269. The Morgan fingerprint density at radius 1 is 1.25 bits per heavy atom. The number of nitrogens with zero attached hydrogens (tertiary/aromatic N) is 1. The third-order valence-electron chi connectivity index (χ3n) is 3.19. The van der Waals surface area contributed by atoms with Crippen molar-refractivity contribution in [1.82, 2.24) is 10.6 Å². The molecule has 2 aromatic rings. The molecule has 1 aromatic heterocycles. The molecule has 1 heterocycles. The number of rotatable bonds is 7. The predicted molar refractivity (Wildman–Crippen MR) is 89.3 cm³/mol. The lowest BCUT2D eigenvalue weighted by Gasteiger charge is -2.15. The molecule has 8 heteroatoms. The van der Waals surface area contributed by atoms with Crippen LogP contribution in [0.25, 0.3) is 0 Å². The number of guanidine groups is 1. The number of thiophene rings is 1. The third kappa shape index (κ3) is 5.45. The van der Waals surface area contributed by atoms with Crippen molar-refractivity contribution < 1.29 is 17.9 Å². The van der Waals surface area contributed by atoms with Gasteiger partial charge >= 0.3 is 6.61 Å². The third-order valence-corrected chi connectivity index (χ3v) is 4.13. The second-order valence-corrected chi connectivity index (χ2v) is 5.81. The molecule has 0 bridgehead atoms. The number of hydrogen-bond acceptors (Lipinski definition) is 3. The number of benzene rings is 1. The van der Waals surface area contributed by atoms with Gasteiger partial charge in [-0.05, 0) is 30.0 Å². The Hall–Kier alpha value is -2.22. The smallest absolute Gasteiger partial charge is 0.387 e. The zero-order valence-electron chi connectivity index (χ0n) is 13.1. The number of hydrogen-bond donors (Lipinski definition) is 2. The van der Waals surface area contributed by atoms with E-state index < -0.39 is 12.4 Å². The van der Waals surface area contributed by atoms with Gasteiger partial charge in [-0.25, -0.2) is 4.39 Å². The molecule has 2 rings (SSSR count). The Kier molecular flexibility index (Phi) is 6.92. The van der Waals surface area contributed by atoms with E-state index in [4.69, 9.17) is 0 Å². The van der Waals surface area contributed by atoms with Crippen LogP contribution in [0.1, 0.15) is 10.4 Å². The van der Waals surface area contributed by atoms with Gasteiger partial charge in [0.15, 0.2) is 5.96 Å². The maximum absolute atomic E-state index is 13.9. The summed E-state index contributed by atoms with van der Waals surface area (Å²) in [7, 11) is 1.58. The van der Waals surface area contributed by atoms with Gasteiger partial charge in [0.25, 0.3) is 0 Å². The van der Waals surface area contributed by atoms with E-state index >= 15 is 0 Å². The van der Waals surface area contributed by atoms with E-state index in [0.29, 0.717) is 12.5 Å². The van der Waals surface area contributed by atoms with Crippen molar-refractivity contribution in [2.45, 2.75) is 19.6 Å². The minimum atomic E-state index is -3.01. The zero-order valence-corrected chi connectivity index (χ0v) is 13.9. The van der Waals surface area contributed by atoms with E-state index in [9.17, 15) is 13.2 Å². The van der Waals surface area contributed by atoms with Crippen molar-refractivity contribution in [3.05, 3.63) is 52.0 Å². The summed E-state index contributed by atoms with van der Waals surface area (Å²) in [6.07, 6.45) is 0.831. The quantitative estimate of drug-likeness (QED) is 0.590. The van der Waals surface area contributed by atoms with Gasteiger partial charge in [-0.15, -0.1) is 11.3 Å². The summed E-state index contributed by atoms with van der Waals surface area (Å²) in [5, 5.41) is 7.99. The van der Waals surface area contributed by atoms with Crippen molar-refractivity contribution >= 4 is 17.3 Å². The molecule has 0 spiro atoms. The van der Waals surface area contributed by atoms with Gasteiger partial charge < -0.3 is 15.4 Å². The largest absolute Gasteiger partial charge is 0.434 e. The molecule has 0 aliphatic heterocycles. The molecule has 0 aliphatic carbocycles. The fourth-order valence-electron chi connectivity index (χ4n) is 2.07. The maximum atomic E-state index is 13.9. The van der Waals surface area contributed by atoms with Gasteiger partial charge in [0.2, 0.25) is 0 Å². The van der Waals surface area contributed by atoms with Crippen molar-refractivity contribution in [2.24, 2.45) is 4.99 Å². The van der Waals surface area contributed by atoms with E-state index in [1.807, 2.05) is 17.5 Å². The second-order valence-electron chi connectivity index (χ2n) is 4.78. The fourth-order valence-corrected chi connectivity index (χ4v) is 2.78. The van der Waals surface area contributed by atoms with Crippen molar-refractivity contribution in [3.8, 4) is 5.75 Å². The normalized spacial score (nSPS) is 11.6. The summed E-state index contributed by atoms with van der Waals surface area (Å²) < 4.78 is 43.0. The Labute approximate surface area is 142 Å². The van der Waals surface area contributed by atoms with Crippen LogP contribution in [0.3, 0.4) is 0 Å². The first-order valence-electron chi connectivity index (χ1n) is 7.29. The standard InChI is InChI=1S/C16H18F3N3OS/c1-20-16(21-8-7-11-4-3-9-24-11)22-10-12-13(17)5-2-6-14(12)23-15(18)19/h2-6,9,15H,7-8,10H2,1H3,(H2,20,21,22). The molecule has 0 saturated heterocycles. The minimum Gasteiger partial charge on any atom is -0.434 e. The molecule has 4 nitrogen and oxygen atoms in total. The lowest BCUT2D eigenvalue weighted by molar-refractivity contribution is -0.0506. The van der Waals surface area contributed by atoms with E-state index in [-0.39, 0.29) is 17.9 Å². The van der Waals surface area contributed by atoms with E-state index in [1.54, 1.807) is 18.4 Å². The van der Waals surface area contributed by atoms with Crippen LogP contribution in [0.4, 0.5) is 13.2 Å². The van der Waals surface area contributed by atoms with Crippen LogP contribution in [0.2, 0.25) is 0 Å². The summed E-state index contributed by atoms with van der Waals surface area (Å²) in [6, 6.07) is 7.85. The molecular formula is C16H18F3N3OS. The van der Waals surface area contributed by atoms with Crippen LogP contribution in [0.15, 0.2) is 40.7 Å². The lowest BCUT2D eigenvalue weighted by Crippen LogP contribution is -2.38. The van der Waals surface area contributed by atoms with Crippen LogP contribution < -0.4 is 15.4 Å². The number of ether oxygens (including phenoxy) is 1. The Bertz CT molecular complexity index is 663. The average Bonchev–Trinajstić information content (AvgIpc) is 3.05. The first-order chi connectivity index (χ1) is 11.6. The molecule has 0 aliphatic rings. The van der Waals surface area contributed by atoms with Crippen molar-refractivity contribution in [2.75, 3.05) is 13.6 Å². The highest BCUT2D eigenvalue weighted by Gasteiger charge is 2.14. The lowest BCUT2D eigenvalue weighted by atomic mass is 10.2. The highest BCUT2D eigenvalue weighted by molar-refractivity contribution is 7.09. The van der Waals surface area contributed by atoms with Crippen LogP contribution in [-0.2, 0) is 13.0 Å². The van der Waals surface area contributed by atoms with Gasteiger partial charge in [-0.1, -0.05) is 12.1 Å². The van der Waals surface area contributed by atoms with Crippen LogP contribution in [-0.4, -0.2) is 26.2 Å². The Morgan fingerprint density at radius 2 is 2.08 bits per heavy atom. The van der Waals surface area contributed by atoms with E-state index in [1.165, 1.54) is 23.1 Å². The fraction of sp³-hybridized carbons (Fsp3) is 0.312. The van der Waals surface area contributed by atoms with Gasteiger partial charge in [0.05, 0.1) is 0 Å². The molecule has 0 radical (unpaired) electrons. The van der Waals surface area contributed by atoms with Gasteiger partial charge in [-0.3, -0.25) is 4.99 Å². The average molecular weight is 357 g/mol. The number of aliphatic imine (C=N–C) groups is 1. The molecular weight excluding hydrogens is 339 g/mol. The van der Waals surface area contributed by atoms with E-state index in [0.717, 1.165) is 6.42 Å². The first-order valence-corrected chi connectivity index (χ1v) is 8.17. The van der Waals surface area contributed by atoms with Gasteiger partial charge in [0, 0.05) is 30.6 Å². The summed E-state index contributed by atoms with van der Waals surface area (Å²) in [5.74, 6) is -0.348. The van der Waals surface area contributed by atoms with E-state index in [2.05, 4.69) is 20.4 Å². The van der Waals surface area contributed by atoms with Crippen LogP contribution in [0, 0.1) is 5.82 Å². The molecule has 1 aromatic carbocycles. The Morgan fingerprint density at radius 3 is 2.75 bits per heavy atom. The SMILES string of the molecule is CN=C(NCCc1cccs1)NCc1c(F)cccc1OC(F)F. The molecule has 0 amide bonds. The highest BCUT2D eigenvalue weighted by atomic mass is 32.1. The molecule has 0 fully saturated rings. The predicted octanol–water partition coefficient (Wildman–Crippen LogP) is 3.40. The molecule has 130 valence electrons. The molecule has 0 unspecified atom stereocenters. The second kappa shape index (κ2) is 9.17. The molecule has 2 N–H and O–H groups in total. The molecule has 24 heavy (non-hydrogen) atoms. The molecule has 0 atom stereocenters.